The molecule has 0 fully saturated rings. The molecule has 0 spiro atoms. The molecule has 0 bridgehead atoms. The summed E-state index contributed by atoms with van der Waals surface area (Å²) < 4.78 is 5.13. The zero-order valence-corrected chi connectivity index (χ0v) is 12.4. The molecule has 1 aromatic heterocycles. The van der Waals surface area contributed by atoms with Crippen molar-refractivity contribution in [3.05, 3.63) is 35.1 Å². The van der Waals surface area contributed by atoms with Crippen molar-refractivity contribution in [2.45, 2.75) is 19.8 Å². The SMILES string of the molecule is COc1ccc(Nc2ncnc(N)c2C(C)C)cc1Cl. The highest BCUT2D eigenvalue weighted by atomic mass is 35.5. The molecule has 0 aliphatic rings. The summed E-state index contributed by atoms with van der Waals surface area (Å²) in [5.74, 6) is 2.02. The molecule has 0 saturated carbocycles. The summed E-state index contributed by atoms with van der Waals surface area (Å²) in [4.78, 5) is 8.28. The number of ether oxygens (including phenoxy) is 1. The maximum absolute atomic E-state index is 6.11. The maximum atomic E-state index is 6.11. The van der Waals surface area contributed by atoms with Gasteiger partial charge in [-0.1, -0.05) is 25.4 Å². The van der Waals surface area contributed by atoms with E-state index in [4.69, 9.17) is 22.1 Å². The highest BCUT2D eigenvalue weighted by Crippen LogP contribution is 2.32. The first kappa shape index (κ1) is 14.4. The Balaban J connectivity index is 2.35. The van der Waals surface area contributed by atoms with Gasteiger partial charge in [-0.2, -0.15) is 0 Å². The molecule has 2 aromatic rings. The van der Waals surface area contributed by atoms with E-state index in [2.05, 4.69) is 15.3 Å². The first-order chi connectivity index (χ1) is 9.52. The van der Waals surface area contributed by atoms with Crippen molar-refractivity contribution >= 4 is 28.9 Å². The molecule has 106 valence electrons. The highest BCUT2D eigenvalue weighted by Gasteiger charge is 2.13. The summed E-state index contributed by atoms with van der Waals surface area (Å²) >= 11 is 6.11. The molecule has 0 atom stereocenters. The Morgan fingerprint density at radius 1 is 1.30 bits per heavy atom. The summed E-state index contributed by atoms with van der Waals surface area (Å²) in [6, 6.07) is 5.44. The standard InChI is InChI=1S/C14H17ClN4O/c1-8(2)12-13(16)17-7-18-14(12)19-9-4-5-11(20-3)10(15)6-9/h4-8H,1-3H3,(H3,16,17,18,19). The van der Waals surface area contributed by atoms with Gasteiger partial charge in [-0.15, -0.1) is 0 Å². The summed E-state index contributed by atoms with van der Waals surface area (Å²) in [6.45, 7) is 4.09. The number of benzene rings is 1. The monoisotopic (exact) mass is 292 g/mol. The second kappa shape index (κ2) is 5.96. The van der Waals surface area contributed by atoms with Crippen LogP contribution in [0.5, 0.6) is 5.75 Å². The topological polar surface area (TPSA) is 73.1 Å². The minimum Gasteiger partial charge on any atom is -0.495 e. The zero-order valence-electron chi connectivity index (χ0n) is 11.6. The van der Waals surface area contributed by atoms with Crippen LogP contribution in [0.4, 0.5) is 17.3 Å². The van der Waals surface area contributed by atoms with E-state index < -0.39 is 0 Å². The molecule has 20 heavy (non-hydrogen) atoms. The number of rotatable bonds is 4. The van der Waals surface area contributed by atoms with Gasteiger partial charge in [-0.3, -0.25) is 0 Å². The molecular weight excluding hydrogens is 276 g/mol. The third-order valence-corrected chi connectivity index (χ3v) is 3.20. The number of nitrogen functional groups attached to an aromatic ring is 1. The van der Waals surface area contributed by atoms with Gasteiger partial charge in [0.15, 0.2) is 0 Å². The molecule has 0 aliphatic carbocycles. The molecule has 0 saturated heterocycles. The number of aromatic nitrogens is 2. The van der Waals surface area contributed by atoms with Crippen molar-refractivity contribution < 1.29 is 4.74 Å². The van der Waals surface area contributed by atoms with E-state index in [0.29, 0.717) is 22.4 Å². The van der Waals surface area contributed by atoms with Crippen LogP contribution in [0.3, 0.4) is 0 Å². The van der Waals surface area contributed by atoms with E-state index in [9.17, 15) is 0 Å². The molecule has 0 amide bonds. The first-order valence-electron chi connectivity index (χ1n) is 6.24. The van der Waals surface area contributed by atoms with E-state index in [-0.39, 0.29) is 5.92 Å². The summed E-state index contributed by atoms with van der Waals surface area (Å²) in [7, 11) is 1.58. The number of anilines is 3. The van der Waals surface area contributed by atoms with Crippen molar-refractivity contribution in [2.75, 3.05) is 18.2 Å². The lowest BCUT2D eigenvalue weighted by Gasteiger charge is -2.15. The minimum atomic E-state index is 0.215. The van der Waals surface area contributed by atoms with Gasteiger partial charge in [0.2, 0.25) is 0 Å². The van der Waals surface area contributed by atoms with Crippen LogP contribution in [0.25, 0.3) is 0 Å². The van der Waals surface area contributed by atoms with Gasteiger partial charge in [0.1, 0.15) is 23.7 Å². The summed E-state index contributed by atoms with van der Waals surface area (Å²) in [6.07, 6.45) is 1.44. The number of nitrogens with two attached hydrogens (primary N) is 1. The van der Waals surface area contributed by atoms with Crippen molar-refractivity contribution in [1.82, 2.24) is 9.97 Å². The Morgan fingerprint density at radius 3 is 2.65 bits per heavy atom. The first-order valence-corrected chi connectivity index (χ1v) is 6.61. The number of nitrogens with one attached hydrogen (secondary N) is 1. The normalized spacial score (nSPS) is 10.7. The van der Waals surface area contributed by atoms with Crippen LogP contribution >= 0.6 is 11.6 Å². The Bertz CT molecular complexity index is 616. The molecule has 6 heteroatoms. The molecule has 0 unspecified atom stereocenters. The second-order valence-corrected chi connectivity index (χ2v) is 5.06. The fourth-order valence-corrected chi connectivity index (χ4v) is 2.22. The smallest absolute Gasteiger partial charge is 0.139 e. The van der Waals surface area contributed by atoms with Crippen LogP contribution in [0.1, 0.15) is 25.3 Å². The Labute approximate surface area is 123 Å². The van der Waals surface area contributed by atoms with E-state index in [1.807, 2.05) is 19.9 Å². The number of hydrogen-bond donors (Lipinski definition) is 2. The van der Waals surface area contributed by atoms with Crippen molar-refractivity contribution in [3.63, 3.8) is 0 Å². The lowest BCUT2D eigenvalue weighted by Crippen LogP contribution is -2.06. The van der Waals surface area contributed by atoms with E-state index in [1.54, 1.807) is 19.2 Å². The van der Waals surface area contributed by atoms with Gasteiger partial charge < -0.3 is 15.8 Å². The Morgan fingerprint density at radius 2 is 2.05 bits per heavy atom. The quantitative estimate of drug-likeness (QED) is 0.901. The summed E-state index contributed by atoms with van der Waals surface area (Å²) in [5, 5.41) is 3.75. The molecule has 1 aromatic carbocycles. The number of methoxy groups -OCH3 is 1. The van der Waals surface area contributed by atoms with Gasteiger partial charge in [0, 0.05) is 11.3 Å². The maximum Gasteiger partial charge on any atom is 0.139 e. The second-order valence-electron chi connectivity index (χ2n) is 4.65. The third kappa shape index (κ3) is 2.93. The lowest BCUT2D eigenvalue weighted by atomic mass is 10.0. The molecule has 3 N–H and O–H groups in total. The van der Waals surface area contributed by atoms with Crippen LogP contribution in [0.15, 0.2) is 24.5 Å². The van der Waals surface area contributed by atoms with Crippen molar-refractivity contribution in [3.8, 4) is 5.75 Å². The highest BCUT2D eigenvalue weighted by molar-refractivity contribution is 6.32. The molecule has 0 radical (unpaired) electrons. The fourth-order valence-electron chi connectivity index (χ4n) is 1.96. The predicted molar refractivity (Wildman–Crippen MR) is 81.8 cm³/mol. The minimum absolute atomic E-state index is 0.215. The average molecular weight is 293 g/mol. The van der Waals surface area contributed by atoms with Gasteiger partial charge in [-0.25, -0.2) is 9.97 Å². The third-order valence-electron chi connectivity index (χ3n) is 2.91. The van der Waals surface area contributed by atoms with Crippen LogP contribution in [0.2, 0.25) is 5.02 Å². The number of hydrogen-bond acceptors (Lipinski definition) is 5. The van der Waals surface area contributed by atoms with Crippen LogP contribution in [0, 0.1) is 0 Å². The molecule has 1 heterocycles. The van der Waals surface area contributed by atoms with E-state index >= 15 is 0 Å². The largest absolute Gasteiger partial charge is 0.495 e. The fraction of sp³-hybridized carbons (Fsp3) is 0.286. The number of nitrogens with zero attached hydrogens (tertiary/aromatic N) is 2. The average Bonchev–Trinajstić information content (AvgIpc) is 2.38. The zero-order chi connectivity index (χ0) is 14.7. The molecule has 2 rings (SSSR count). The van der Waals surface area contributed by atoms with Gasteiger partial charge in [0.25, 0.3) is 0 Å². The Kier molecular flexibility index (Phi) is 4.29. The van der Waals surface area contributed by atoms with Gasteiger partial charge in [0.05, 0.1) is 12.1 Å². The van der Waals surface area contributed by atoms with Crippen molar-refractivity contribution in [1.29, 1.82) is 0 Å². The molecular formula is C14H17ClN4O. The predicted octanol–water partition coefficient (Wildman–Crippen LogP) is 3.59. The van der Waals surface area contributed by atoms with E-state index in [0.717, 1.165) is 11.3 Å². The van der Waals surface area contributed by atoms with Crippen LogP contribution < -0.4 is 15.8 Å². The van der Waals surface area contributed by atoms with Crippen LogP contribution in [-0.4, -0.2) is 17.1 Å². The van der Waals surface area contributed by atoms with Crippen LogP contribution in [-0.2, 0) is 0 Å². The molecule has 5 nitrogen and oxygen atoms in total. The Hall–Kier alpha value is -2.01. The van der Waals surface area contributed by atoms with Gasteiger partial charge in [-0.05, 0) is 24.1 Å². The number of halogens is 1. The van der Waals surface area contributed by atoms with E-state index in [1.165, 1.54) is 6.33 Å². The summed E-state index contributed by atoms with van der Waals surface area (Å²) in [5.41, 5.74) is 7.62. The lowest BCUT2D eigenvalue weighted by molar-refractivity contribution is 0.415. The van der Waals surface area contributed by atoms with Gasteiger partial charge >= 0.3 is 0 Å². The molecule has 0 aliphatic heterocycles. The van der Waals surface area contributed by atoms with Crippen molar-refractivity contribution in [2.24, 2.45) is 0 Å².